The Kier molecular flexibility index (Phi) is 7.36. The molecule has 0 atom stereocenters. The summed E-state index contributed by atoms with van der Waals surface area (Å²) in [4.78, 5) is 18.0. The fourth-order valence-electron chi connectivity index (χ4n) is 4.13. The molecule has 0 aliphatic carbocycles. The van der Waals surface area contributed by atoms with Crippen molar-refractivity contribution in [1.29, 1.82) is 0 Å². The van der Waals surface area contributed by atoms with Crippen LogP contribution in [-0.2, 0) is 16.6 Å². The van der Waals surface area contributed by atoms with Crippen LogP contribution >= 0.6 is 11.3 Å². The number of nitrogens with zero attached hydrogens (tertiary/aromatic N) is 3. The SMILES string of the molecule is C#CCn1c(=NC(=O)c2ccc(S(=O)(=O)N3CCCCCC3)cc2)sc2cc(C(C)C)ccc21. The van der Waals surface area contributed by atoms with E-state index in [0.717, 1.165) is 35.9 Å². The van der Waals surface area contributed by atoms with Crippen LogP contribution in [0.5, 0.6) is 0 Å². The van der Waals surface area contributed by atoms with Gasteiger partial charge in [0.1, 0.15) is 0 Å². The number of carbonyl (C=O) groups excluding carboxylic acids is 1. The summed E-state index contributed by atoms with van der Waals surface area (Å²) >= 11 is 1.42. The second kappa shape index (κ2) is 10.3. The van der Waals surface area contributed by atoms with E-state index in [1.54, 1.807) is 4.31 Å². The van der Waals surface area contributed by atoms with E-state index in [9.17, 15) is 13.2 Å². The second-order valence-electron chi connectivity index (χ2n) is 8.82. The van der Waals surface area contributed by atoms with Crippen LogP contribution < -0.4 is 4.80 Å². The van der Waals surface area contributed by atoms with Crippen LogP contribution in [0.3, 0.4) is 0 Å². The molecule has 1 aromatic heterocycles. The van der Waals surface area contributed by atoms with Crippen LogP contribution in [0.15, 0.2) is 52.4 Å². The number of amides is 1. The van der Waals surface area contributed by atoms with Gasteiger partial charge in [-0.25, -0.2) is 8.42 Å². The maximum atomic E-state index is 13.0. The molecule has 0 unspecified atom stereocenters. The van der Waals surface area contributed by atoms with Crippen LogP contribution in [0.2, 0.25) is 0 Å². The predicted molar refractivity (Wildman–Crippen MR) is 136 cm³/mol. The van der Waals surface area contributed by atoms with Crippen LogP contribution in [0.1, 0.15) is 61.4 Å². The first-order chi connectivity index (χ1) is 16.3. The number of sulfonamides is 1. The van der Waals surface area contributed by atoms with Crippen molar-refractivity contribution in [3.05, 3.63) is 58.4 Å². The van der Waals surface area contributed by atoms with Crippen molar-refractivity contribution >= 4 is 37.5 Å². The highest BCUT2D eigenvalue weighted by molar-refractivity contribution is 7.89. The Hall–Kier alpha value is -2.73. The lowest BCUT2D eigenvalue weighted by atomic mass is 10.0. The van der Waals surface area contributed by atoms with E-state index in [1.807, 2.05) is 10.6 Å². The van der Waals surface area contributed by atoms with Gasteiger partial charge in [-0.3, -0.25) is 4.79 Å². The minimum atomic E-state index is -3.56. The lowest BCUT2D eigenvalue weighted by Gasteiger charge is -2.19. The first kappa shape index (κ1) is 24.4. The summed E-state index contributed by atoms with van der Waals surface area (Å²) < 4.78 is 30.4. The van der Waals surface area contributed by atoms with Gasteiger partial charge in [0.25, 0.3) is 5.91 Å². The minimum Gasteiger partial charge on any atom is -0.305 e. The largest absolute Gasteiger partial charge is 0.305 e. The molecule has 2 heterocycles. The second-order valence-corrected chi connectivity index (χ2v) is 11.8. The molecule has 6 nitrogen and oxygen atoms in total. The molecule has 4 rings (SSSR count). The van der Waals surface area contributed by atoms with Gasteiger partial charge in [0.2, 0.25) is 10.0 Å². The first-order valence-corrected chi connectivity index (χ1v) is 13.8. The molecule has 0 saturated carbocycles. The van der Waals surface area contributed by atoms with Crippen molar-refractivity contribution in [2.24, 2.45) is 4.99 Å². The van der Waals surface area contributed by atoms with Crippen LogP contribution in [0, 0.1) is 12.3 Å². The predicted octanol–water partition coefficient (Wildman–Crippen LogP) is 4.77. The van der Waals surface area contributed by atoms with Crippen molar-refractivity contribution < 1.29 is 13.2 Å². The van der Waals surface area contributed by atoms with E-state index < -0.39 is 15.9 Å². The molecule has 1 aliphatic rings. The van der Waals surface area contributed by atoms with Crippen LogP contribution in [0.4, 0.5) is 0 Å². The quantitative estimate of drug-likeness (QED) is 0.479. The molecular weight excluding hydrogens is 466 g/mol. The topological polar surface area (TPSA) is 71.7 Å². The molecule has 1 fully saturated rings. The van der Waals surface area contributed by atoms with Crippen LogP contribution in [0.25, 0.3) is 10.2 Å². The first-order valence-electron chi connectivity index (χ1n) is 11.6. The number of thiazole rings is 1. The monoisotopic (exact) mass is 495 g/mol. The molecule has 2 aromatic carbocycles. The van der Waals surface area contributed by atoms with Gasteiger partial charge in [-0.1, -0.05) is 50.0 Å². The third-order valence-corrected chi connectivity index (χ3v) is 9.08. The molecule has 0 radical (unpaired) electrons. The maximum absolute atomic E-state index is 13.0. The summed E-state index contributed by atoms with van der Waals surface area (Å²) in [5.74, 6) is 2.60. The molecule has 178 valence electrons. The summed E-state index contributed by atoms with van der Waals surface area (Å²) in [6.07, 6.45) is 9.43. The highest BCUT2D eigenvalue weighted by Gasteiger charge is 2.25. The summed E-state index contributed by atoms with van der Waals surface area (Å²) in [5.41, 5.74) is 2.49. The van der Waals surface area contributed by atoms with Gasteiger partial charge >= 0.3 is 0 Å². The molecule has 0 spiro atoms. The van der Waals surface area contributed by atoms with E-state index in [-0.39, 0.29) is 4.90 Å². The summed E-state index contributed by atoms with van der Waals surface area (Å²) in [6.45, 7) is 5.65. The third kappa shape index (κ3) is 5.02. The number of aromatic nitrogens is 1. The summed E-state index contributed by atoms with van der Waals surface area (Å²) in [7, 11) is -3.56. The van der Waals surface area contributed by atoms with Crippen molar-refractivity contribution in [1.82, 2.24) is 8.87 Å². The van der Waals surface area contributed by atoms with Crippen LogP contribution in [-0.4, -0.2) is 36.3 Å². The average molecular weight is 496 g/mol. The molecule has 34 heavy (non-hydrogen) atoms. The summed E-state index contributed by atoms with van der Waals surface area (Å²) in [6, 6.07) is 12.3. The number of hydrogen-bond donors (Lipinski definition) is 0. The molecule has 0 bridgehead atoms. The maximum Gasteiger partial charge on any atom is 0.279 e. The Bertz CT molecular complexity index is 1400. The van der Waals surface area contributed by atoms with Gasteiger partial charge in [-0.15, -0.1) is 6.42 Å². The number of carbonyl (C=O) groups is 1. The number of hydrogen-bond acceptors (Lipinski definition) is 4. The zero-order valence-electron chi connectivity index (χ0n) is 19.5. The van der Waals surface area contributed by atoms with Gasteiger partial charge in [-0.2, -0.15) is 9.30 Å². The number of terminal acetylenes is 1. The average Bonchev–Trinajstić information content (AvgIpc) is 2.99. The van der Waals surface area contributed by atoms with Gasteiger partial charge < -0.3 is 4.57 Å². The lowest BCUT2D eigenvalue weighted by molar-refractivity contribution is 0.0998. The molecule has 1 aliphatic heterocycles. The Balaban J connectivity index is 1.65. The van der Waals surface area contributed by atoms with Crippen molar-refractivity contribution in [2.75, 3.05) is 13.1 Å². The minimum absolute atomic E-state index is 0.205. The van der Waals surface area contributed by atoms with Crippen molar-refractivity contribution in [3.63, 3.8) is 0 Å². The zero-order chi connectivity index (χ0) is 24.3. The van der Waals surface area contributed by atoms with E-state index in [1.165, 1.54) is 41.2 Å². The molecule has 1 amide bonds. The van der Waals surface area contributed by atoms with Gasteiger partial charge in [0.05, 0.1) is 21.7 Å². The molecule has 8 heteroatoms. The highest BCUT2D eigenvalue weighted by atomic mass is 32.2. The zero-order valence-corrected chi connectivity index (χ0v) is 21.2. The fraction of sp³-hybridized carbons (Fsp3) is 0.385. The van der Waals surface area contributed by atoms with Crippen molar-refractivity contribution in [2.45, 2.75) is 56.9 Å². The fourth-order valence-corrected chi connectivity index (χ4v) is 6.72. The molecular formula is C26H29N3O3S2. The van der Waals surface area contributed by atoms with Gasteiger partial charge in [0, 0.05) is 18.7 Å². The van der Waals surface area contributed by atoms with E-state index in [0.29, 0.717) is 35.9 Å². The normalized spacial score (nSPS) is 16.0. The molecule has 0 N–H and O–H groups in total. The van der Waals surface area contributed by atoms with Crippen molar-refractivity contribution in [3.8, 4) is 12.3 Å². The Morgan fingerprint density at radius 1 is 1.09 bits per heavy atom. The Morgan fingerprint density at radius 2 is 1.76 bits per heavy atom. The highest BCUT2D eigenvalue weighted by Crippen LogP contribution is 2.24. The molecule has 1 saturated heterocycles. The number of benzene rings is 2. The van der Waals surface area contributed by atoms with E-state index in [4.69, 9.17) is 6.42 Å². The lowest BCUT2D eigenvalue weighted by Crippen LogP contribution is -2.31. The van der Waals surface area contributed by atoms with E-state index in [2.05, 4.69) is 36.9 Å². The Labute approximate surface area is 205 Å². The Morgan fingerprint density at radius 3 is 2.38 bits per heavy atom. The standard InChI is InChI=1S/C26H29N3O3S2/c1-4-15-29-23-14-11-21(19(2)3)18-24(23)33-26(29)27-25(30)20-9-12-22(13-10-20)34(31,32)28-16-7-5-6-8-17-28/h1,9-14,18-19H,5-8,15-17H2,2-3H3. The van der Waals surface area contributed by atoms with Gasteiger partial charge in [-0.05, 0) is 60.7 Å². The number of rotatable bonds is 5. The smallest absolute Gasteiger partial charge is 0.279 e. The number of fused-ring (bicyclic) bond motifs is 1. The summed E-state index contributed by atoms with van der Waals surface area (Å²) in [5, 5.41) is 0. The third-order valence-electron chi connectivity index (χ3n) is 6.12. The van der Waals surface area contributed by atoms with E-state index >= 15 is 0 Å². The van der Waals surface area contributed by atoms with Gasteiger partial charge in [0.15, 0.2) is 4.80 Å². The molecule has 3 aromatic rings.